The van der Waals surface area contributed by atoms with Crippen molar-refractivity contribution in [3.8, 4) is 0 Å². The smallest absolute Gasteiger partial charge is 0.306 e. The molecule has 2 aliphatic heterocycles. The van der Waals surface area contributed by atoms with E-state index in [9.17, 15) is 9.18 Å². The highest BCUT2D eigenvalue weighted by Crippen LogP contribution is 2.29. The number of rotatable bonds is 7. The number of halogens is 1. The fourth-order valence-electron chi connectivity index (χ4n) is 3.94. The van der Waals surface area contributed by atoms with Gasteiger partial charge in [-0.3, -0.25) is 4.79 Å². The Morgan fingerprint density at radius 2 is 1.86 bits per heavy atom. The molecule has 2 aliphatic rings. The van der Waals surface area contributed by atoms with E-state index < -0.39 is 0 Å². The van der Waals surface area contributed by atoms with Crippen molar-refractivity contribution in [2.75, 3.05) is 37.8 Å². The molecule has 2 unspecified atom stereocenters. The topological polar surface area (TPSA) is 48.0 Å². The van der Waals surface area contributed by atoms with Crippen LogP contribution < -0.4 is 4.90 Å². The molecule has 29 heavy (non-hydrogen) atoms. The van der Waals surface area contributed by atoms with E-state index >= 15 is 0 Å². The van der Waals surface area contributed by atoms with Gasteiger partial charge in [0.25, 0.3) is 0 Å². The first kappa shape index (κ1) is 19.9. The first-order chi connectivity index (χ1) is 14.2. The summed E-state index contributed by atoms with van der Waals surface area (Å²) in [4.78, 5) is 13.8. The van der Waals surface area contributed by atoms with Gasteiger partial charge in [-0.2, -0.15) is 0 Å². The van der Waals surface area contributed by atoms with Crippen LogP contribution in [0.5, 0.6) is 0 Å². The third-order valence-electron chi connectivity index (χ3n) is 5.49. The monoisotopic (exact) mass is 399 g/mol. The minimum atomic E-state index is -0.298. The Balaban J connectivity index is 1.35. The lowest BCUT2D eigenvalue weighted by atomic mass is 9.93. The fraction of sp³-hybridized carbons (Fsp3) is 0.435. The molecule has 2 saturated heterocycles. The predicted molar refractivity (Wildman–Crippen MR) is 107 cm³/mol. The number of carbonyl (C=O) groups excluding carboxylic acids is 1. The highest BCUT2D eigenvalue weighted by Gasteiger charge is 2.35. The molecule has 0 saturated carbocycles. The molecule has 0 N–H and O–H groups in total. The van der Waals surface area contributed by atoms with Crippen molar-refractivity contribution < 1.29 is 23.4 Å². The number of hydrogen-bond acceptors (Lipinski definition) is 5. The molecule has 0 amide bonds. The van der Waals surface area contributed by atoms with E-state index in [1.807, 2.05) is 47.4 Å². The third-order valence-corrected chi connectivity index (χ3v) is 5.49. The maximum absolute atomic E-state index is 14.7. The SMILES string of the molecule is O=C1CC(Cc2ccc(N3CCOCC3)c(F)c2)C(COCc2ccccc2)O1. The molecule has 2 aromatic rings. The first-order valence-electron chi connectivity index (χ1n) is 10.1. The van der Waals surface area contributed by atoms with Crippen LogP contribution in [0.25, 0.3) is 0 Å². The number of benzene rings is 2. The summed E-state index contributed by atoms with van der Waals surface area (Å²) in [6.45, 7) is 3.45. The lowest BCUT2D eigenvalue weighted by molar-refractivity contribution is -0.143. The average Bonchev–Trinajstić information content (AvgIpc) is 3.08. The van der Waals surface area contributed by atoms with Crippen molar-refractivity contribution in [3.05, 3.63) is 65.5 Å². The summed E-state index contributed by atoms with van der Waals surface area (Å²) in [6.07, 6.45) is 0.630. The summed E-state index contributed by atoms with van der Waals surface area (Å²) >= 11 is 0. The van der Waals surface area contributed by atoms with Crippen LogP contribution in [-0.4, -0.2) is 45.0 Å². The van der Waals surface area contributed by atoms with E-state index in [2.05, 4.69) is 0 Å². The largest absolute Gasteiger partial charge is 0.460 e. The van der Waals surface area contributed by atoms with Gasteiger partial charge in [-0.05, 0) is 29.7 Å². The quantitative estimate of drug-likeness (QED) is 0.669. The summed E-state index contributed by atoms with van der Waals surface area (Å²) in [5.74, 6) is -0.452. The minimum absolute atomic E-state index is 0.00749. The normalized spacial score (nSPS) is 22.0. The Hall–Kier alpha value is -2.44. The van der Waals surface area contributed by atoms with Crippen LogP contribution in [0, 0.1) is 11.7 Å². The molecule has 0 spiro atoms. The molecule has 5 nitrogen and oxygen atoms in total. The molecule has 0 bridgehead atoms. The minimum Gasteiger partial charge on any atom is -0.460 e. The molecular formula is C23H26FNO4. The third kappa shape index (κ3) is 5.14. The Morgan fingerprint density at radius 3 is 2.62 bits per heavy atom. The number of carbonyl (C=O) groups is 1. The molecule has 0 radical (unpaired) electrons. The van der Waals surface area contributed by atoms with E-state index in [-0.39, 0.29) is 23.8 Å². The first-order valence-corrected chi connectivity index (χ1v) is 10.1. The molecule has 154 valence electrons. The van der Waals surface area contributed by atoms with Crippen LogP contribution in [0.1, 0.15) is 17.5 Å². The highest BCUT2D eigenvalue weighted by atomic mass is 19.1. The number of hydrogen-bond donors (Lipinski definition) is 0. The van der Waals surface area contributed by atoms with Gasteiger partial charge in [0, 0.05) is 19.0 Å². The van der Waals surface area contributed by atoms with Gasteiger partial charge in [-0.1, -0.05) is 36.4 Å². The Morgan fingerprint density at radius 1 is 1.07 bits per heavy atom. The summed E-state index contributed by atoms with van der Waals surface area (Å²) in [7, 11) is 0. The van der Waals surface area contributed by atoms with Gasteiger partial charge in [0.2, 0.25) is 0 Å². The van der Waals surface area contributed by atoms with Crippen molar-refractivity contribution in [1.29, 1.82) is 0 Å². The number of ether oxygens (including phenoxy) is 3. The van der Waals surface area contributed by atoms with E-state index in [1.54, 1.807) is 6.07 Å². The zero-order chi connectivity index (χ0) is 20.1. The van der Waals surface area contributed by atoms with E-state index in [4.69, 9.17) is 14.2 Å². The average molecular weight is 399 g/mol. The van der Waals surface area contributed by atoms with Gasteiger partial charge < -0.3 is 19.1 Å². The second-order valence-electron chi connectivity index (χ2n) is 7.58. The molecule has 2 fully saturated rings. The molecule has 2 heterocycles. The van der Waals surface area contributed by atoms with Crippen LogP contribution in [0.4, 0.5) is 10.1 Å². The molecule has 0 aromatic heterocycles. The van der Waals surface area contributed by atoms with Gasteiger partial charge in [0.05, 0.1) is 38.5 Å². The van der Waals surface area contributed by atoms with E-state index in [0.29, 0.717) is 58.0 Å². The Kier molecular flexibility index (Phi) is 6.42. The van der Waals surface area contributed by atoms with Gasteiger partial charge in [-0.15, -0.1) is 0 Å². The molecular weight excluding hydrogens is 373 g/mol. The van der Waals surface area contributed by atoms with Crippen LogP contribution >= 0.6 is 0 Å². The predicted octanol–water partition coefficient (Wildman–Crippen LogP) is 3.35. The van der Waals surface area contributed by atoms with Crippen molar-refractivity contribution >= 4 is 11.7 Å². The molecule has 4 rings (SSSR count). The lowest BCUT2D eigenvalue weighted by Crippen LogP contribution is -2.36. The summed E-state index contributed by atoms with van der Waals surface area (Å²) in [5.41, 5.74) is 2.56. The van der Waals surface area contributed by atoms with Crippen LogP contribution in [0.3, 0.4) is 0 Å². The Labute approximate surface area is 170 Å². The number of anilines is 1. The van der Waals surface area contributed by atoms with Crippen molar-refractivity contribution in [1.82, 2.24) is 0 Å². The highest BCUT2D eigenvalue weighted by molar-refractivity contribution is 5.72. The maximum atomic E-state index is 14.7. The number of nitrogens with zero attached hydrogens (tertiary/aromatic N) is 1. The zero-order valence-corrected chi connectivity index (χ0v) is 16.4. The van der Waals surface area contributed by atoms with Crippen molar-refractivity contribution in [2.45, 2.75) is 25.6 Å². The van der Waals surface area contributed by atoms with Gasteiger partial charge >= 0.3 is 5.97 Å². The van der Waals surface area contributed by atoms with Gasteiger partial charge in [0.15, 0.2) is 0 Å². The Bertz CT molecular complexity index is 823. The second-order valence-corrected chi connectivity index (χ2v) is 7.58. The van der Waals surface area contributed by atoms with Crippen LogP contribution in [-0.2, 0) is 32.0 Å². The molecule has 2 atom stereocenters. The van der Waals surface area contributed by atoms with Crippen molar-refractivity contribution in [3.63, 3.8) is 0 Å². The second kappa shape index (κ2) is 9.37. The van der Waals surface area contributed by atoms with Gasteiger partial charge in [-0.25, -0.2) is 4.39 Å². The standard InChI is InChI=1S/C23H26FNO4/c24-20-13-18(6-7-21(20)25-8-10-27-11-9-25)12-19-14-23(26)29-22(19)16-28-15-17-4-2-1-3-5-17/h1-7,13,19,22H,8-12,14-16H2. The lowest BCUT2D eigenvalue weighted by Gasteiger charge is -2.29. The van der Waals surface area contributed by atoms with Crippen LogP contribution in [0.2, 0.25) is 0 Å². The molecule has 0 aliphatic carbocycles. The summed E-state index contributed by atoms with van der Waals surface area (Å²) in [6, 6.07) is 15.2. The zero-order valence-electron chi connectivity index (χ0n) is 16.4. The summed E-state index contributed by atoms with van der Waals surface area (Å²) in [5, 5.41) is 0. The summed E-state index contributed by atoms with van der Waals surface area (Å²) < 4.78 is 31.2. The van der Waals surface area contributed by atoms with E-state index in [0.717, 1.165) is 11.1 Å². The number of cyclic esters (lactones) is 1. The molecule has 2 aromatic carbocycles. The van der Waals surface area contributed by atoms with Crippen molar-refractivity contribution in [2.24, 2.45) is 5.92 Å². The van der Waals surface area contributed by atoms with Crippen LogP contribution in [0.15, 0.2) is 48.5 Å². The molecule has 6 heteroatoms. The number of morpholine rings is 1. The fourth-order valence-corrected chi connectivity index (χ4v) is 3.94. The maximum Gasteiger partial charge on any atom is 0.306 e. The number of esters is 1. The van der Waals surface area contributed by atoms with E-state index in [1.165, 1.54) is 0 Å². The van der Waals surface area contributed by atoms with Gasteiger partial charge in [0.1, 0.15) is 11.9 Å².